The maximum absolute atomic E-state index is 3.15. The summed E-state index contributed by atoms with van der Waals surface area (Å²) in [6.45, 7) is 5.67. The van der Waals surface area contributed by atoms with Crippen molar-refractivity contribution in [3.8, 4) is 0 Å². The summed E-state index contributed by atoms with van der Waals surface area (Å²) < 4.78 is 0. The average molecular weight is 115 g/mol. The Morgan fingerprint density at radius 1 is 1.50 bits per heavy atom. The van der Waals surface area contributed by atoms with Crippen LogP contribution in [-0.4, -0.2) is 13.6 Å². The molecule has 0 amide bonds. The molecule has 0 aromatic rings. The molecule has 0 heterocycles. The van der Waals surface area contributed by atoms with Crippen LogP contribution >= 0.6 is 0 Å². The van der Waals surface area contributed by atoms with Crippen LogP contribution in [0, 0.1) is 5.92 Å². The predicted molar refractivity (Wildman–Crippen MR) is 38.0 cm³/mol. The van der Waals surface area contributed by atoms with Gasteiger partial charge in [-0.3, -0.25) is 0 Å². The molecule has 0 rings (SSSR count). The van der Waals surface area contributed by atoms with Gasteiger partial charge in [-0.05, 0) is 25.9 Å². The largest absolute Gasteiger partial charge is 0.319 e. The molecule has 0 saturated heterocycles. The molecule has 0 saturated carbocycles. The van der Waals surface area contributed by atoms with Crippen LogP contribution in [0.5, 0.6) is 0 Å². The van der Waals surface area contributed by atoms with Crippen LogP contribution in [0.2, 0.25) is 0 Å². The van der Waals surface area contributed by atoms with Crippen LogP contribution in [0.3, 0.4) is 0 Å². The van der Waals surface area contributed by atoms with Crippen LogP contribution in [0.25, 0.3) is 0 Å². The Morgan fingerprint density at radius 2 is 2.12 bits per heavy atom. The van der Waals surface area contributed by atoms with Gasteiger partial charge >= 0.3 is 0 Å². The van der Waals surface area contributed by atoms with Crippen molar-refractivity contribution in [1.82, 2.24) is 5.32 Å². The van der Waals surface area contributed by atoms with Crippen LogP contribution in [0.1, 0.15) is 26.7 Å². The fourth-order valence-electron chi connectivity index (χ4n) is 0.943. The molecule has 0 aliphatic heterocycles. The van der Waals surface area contributed by atoms with E-state index in [2.05, 4.69) is 19.2 Å². The zero-order valence-electron chi connectivity index (χ0n) is 6.20. The summed E-state index contributed by atoms with van der Waals surface area (Å²) in [5, 5.41) is 3.15. The van der Waals surface area contributed by atoms with Gasteiger partial charge in [0, 0.05) is 0 Å². The minimum atomic E-state index is 0.852. The molecule has 1 nitrogen and oxygen atoms in total. The van der Waals surface area contributed by atoms with Gasteiger partial charge in [0.15, 0.2) is 0 Å². The molecule has 0 aliphatic carbocycles. The van der Waals surface area contributed by atoms with Gasteiger partial charge < -0.3 is 5.32 Å². The Balaban J connectivity index is 2.92. The number of nitrogens with one attached hydrogen (secondary N) is 1. The summed E-state index contributed by atoms with van der Waals surface area (Å²) in [5.41, 5.74) is 0. The summed E-state index contributed by atoms with van der Waals surface area (Å²) >= 11 is 0. The van der Waals surface area contributed by atoms with E-state index < -0.39 is 0 Å². The van der Waals surface area contributed by atoms with E-state index in [9.17, 15) is 0 Å². The highest BCUT2D eigenvalue weighted by Gasteiger charge is 1.95. The normalized spacial score (nSPS) is 13.9. The van der Waals surface area contributed by atoms with E-state index in [1.165, 1.54) is 12.8 Å². The second kappa shape index (κ2) is 5.10. The highest BCUT2D eigenvalue weighted by atomic mass is 14.8. The van der Waals surface area contributed by atoms with Crippen molar-refractivity contribution in [1.29, 1.82) is 0 Å². The van der Waals surface area contributed by atoms with Gasteiger partial charge in [0.05, 0.1) is 0 Å². The number of hydrogen-bond donors (Lipinski definition) is 1. The van der Waals surface area contributed by atoms with Gasteiger partial charge in [0.25, 0.3) is 0 Å². The zero-order valence-corrected chi connectivity index (χ0v) is 6.20. The molecule has 0 fully saturated rings. The fourth-order valence-corrected chi connectivity index (χ4v) is 0.943. The van der Waals surface area contributed by atoms with E-state index in [1.807, 2.05) is 7.05 Å². The van der Waals surface area contributed by atoms with Crippen molar-refractivity contribution >= 4 is 0 Å². The molecule has 1 atom stereocenters. The number of hydrogen-bond acceptors (Lipinski definition) is 1. The summed E-state index contributed by atoms with van der Waals surface area (Å²) in [6.07, 6.45) is 2.66. The third kappa shape index (κ3) is 4.13. The Bertz CT molecular complexity index is 37.7. The summed E-state index contributed by atoms with van der Waals surface area (Å²) in [6, 6.07) is 0. The lowest BCUT2D eigenvalue weighted by Gasteiger charge is -2.06. The minimum absolute atomic E-state index is 0.852. The second-order valence-electron chi connectivity index (χ2n) is 2.45. The van der Waals surface area contributed by atoms with Gasteiger partial charge in [-0.25, -0.2) is 0 Å². The Labute approximate surface area is 52.5 Å². The van der Waals surface area contributed by atoms with Crippen molar-refractivity contribution in [3.63, 3.8) is 0 Å². The molecule has 0 bridgehead atoms. The molecule has 0 aromatic carbocycles. The average Bonchev–Trinajstić information content (AvgIpc) is 1.68. The van der Waals surface area contributed by atoms with E-state index in [4.69, 9.17) is 0 Å². The molecular weight excluding hydrogens is 98.1 g/mol. The first kappa shape index (κ1) is 7.96. The van der Waals surface area contributed by atoms with Gasteiger partial charge in [-0.1, -0.05) is 20.3 Å². The molecule has 0 spiro atoms. The van der Waals surface area contributed by atoms with Crippen LogP contribution in [0.4, 0.5) is 0 Å². The second-order valence-corrected chi connectivity index (χ2v) is 2.45. The summed E-state index contributed by atoms with van der Waals surface area (Å²) in [4.78, 5) is 0. The first-order chi connectivity index (χ1) is 3.81. The lowest BCUT2D eigenvalue weighted by atomic mass is 10.1. The van der Waals surface area contributed by atoms with Crippen molar-refractivity contribution in [2.24, 2.45) is 5.92 Å². The van der Waals surface area contributed by atoms with Crippen molar-refractivity contribution in [3.05, 3.63) is 0 Å². The van der Waals surface area contributed by atoms with Crippen molar-refractivity contribution in [2.45, 2.75) is 26.7 Å². The van der Waals surface area contributed by atoms with E-state index in [1.54, 1.807) is 0 Å². The topological polar surface area (TPSA) is 12.0 Å². The van der Waals surface area contributed by atoms with Crippen molar-refractivity contribution < 1.29 is 0 Å². The summed E-state index contributed by atoms with van der Waals surface area (Å²) in [5.74, 6) is 0.852. The lowest BCUT2D eigenvalue weighted by Crippen LogP contribution is -2.15. The van der Waals surface area contributed by atoms with E-state index in [0.29, 0.717) is 0 Å². The highest BCUT2D eigenvalue weighted by molar-refractivity contribution is 4.52. The van der Waals surface area contributed by atoms with Gasteiger partial charge in [-0.15, -0.1) is 0 Å². The van der Waals surface area contributed by atoms with Gasteiger partial charge in [-0.2, -0.15) is 0 Å². The quantitative estimate of drug-likeness (QED) is 0.587. The molecule has 0 aromatic heterocycles. The van der Waals surface area contributed by atoms with E-state index >= 15 is 0 Å². The first-order valence-electron chi connectivity index (χ1n) is 3.45. The molecule has 0 aliphatic rings. The van der Waals surface area contributed by atoms with E-state index in [-0.39, 0.29) is 0 Å². The molecule has 0 radical (unpaired) electrons. The maximum atomic E-state index is 3.15. The molecule has 1 heteroatoms. The maximum Gasteiger partial charge on any atom is -0.00262 e. The third-order valence-electron chi connectivity index (χ3n) is 1.33. The lowest BCUT2D eigenvalue weighted by molar-refractivity contribution is 0.498. The smallest absolute Gasteiger partial charge is 0.00262 e. The monoisotopic (exact) mass is 115 g/mol. The van der Waals surface area contributed by atoms with Gasteiger partial charge in [0.2, 0.25) is 0 Å². The van der Waals surface area contributed by atoms with Crippen LogP contribution in [-0.2, 0) is 0 Å². The molecule has 8 heavy (non-hydrogen) atoms. The fraction of sp³-hybridized carbons (Fsp3) is 1.00. The Kier molecular flexibility index (Phi) is 5.08. The SMILES string of the molecule is CCCC(C)CNC. The number of rotatable bonds is 4. The summed E-state index contributed by atoms with van der Waals surface area (Å²) in [7, 11) is 2.01. The standard InChI is InChI=1S/C7H17N/c1-4-5-7(2)6-8-3/h7-8H,4-6H2,1-3H3. The molecule has 1 unspecified atom stereocenters. The van der Waals surface area contributed by atoms with Crippen LogP contribution < -0.4 is 5.32 Å². The predicted octanol–water partition coefficient (Wildman–Crippen LogP) is 1.64. The van der Waals surface area contributed by atoms with Crippen LogP contribution in [0.15, 0.2) is 0 Å². The van der Waals surface area contributed by atoms with Crippen molar-refractivity contribution in [2.75, 3.05) is 13.6 Å². The zero-order chi connectivity index (χ0) is 6.41. The van der Waals surface area contributed by atoms with Gasteiger partial charge in [0.1, 0.15) is 0 Å². The molecular formula is C7H17N. The van der Waals surface area contributed by atoms with E-state index in [0.717, 1.165) is 12.5 Å². The third-order valence-corrected chi connectivity index (χ3v) is 1.33. The Morgan fingerprint density at radius 3 is 2.50 bits per heavy atom. The molecule has 1 N–H and O–H groups in total. The highest BCUT2D eigenvalue weighted by Crippen LogP contribution is 2.01. The minimum Gasteiger partial charge on any atom is -0.319 e. The first-order valence-corrected chi connectivity index (χ1v) is 3.45. The Hall–Kier alpha value is -0.0400. The molecule has 50 valence electrons.